The summed E-state index contributed by atoms with van der Waals surface area (Å²) in [6.07, 6.45) is 1.19. The Bertz CT molecular complexity index is 872. The van der Waals surface area contributed by atoms with Crippen LogP contribution in [0.4, 0.5) is 14.9 Å². The minimum Gasteiger partial charge on any atom is -0.481 e. The van der Waals surface area contributed by atoms with E-state index in [1.165, 1.54) is 31.5 Å². The van der Waals surface area contributed by atoms with Crippen LogP contribution in [0.2, 0.25) is 0 Å². The number of urea groups is 1. The second-order valence-electron chi connectivity index (χ2n) is 5.90. The van der Waals surface area contributed by atoms with Crippen LogP contribution < -0.4 is 15.4 Å². The van der Waals surface area contributed by atoms with E-state index in [0.29, 0.717) is 17.1 Å². The number of imide groups is 1. The number of hydrogen-bond donors (Lipinski definition) is 2. The van der Waals surface area contributed by atoms with Crippen LogP contribution in [0.3, 0.4) is 0 Å². The van der Waals surface area contributed by atoms with Crippen LogP contribution in [0.15, 0.2) is 42.6 Å². The van der Waals surface area contributed by atoms with Crippen molar-refractivity contribution in [3.8, 4) is 5.88 Å². The highest BCUT2D eigenvalue weighted by Gasteiger charge is 2.39. The summed E-state index contributed by atoms with van der Waals surface area (Å²) in [4.78, 5) is 41.5. The summed E-state index contributed by atoms with van der Waals surface area (Å²) < 4.78 is 18.2. The monoisotopic (exact) mass is 372 g/mol. The number of carbonyl (C=O) groups excluding carboxylic acids is 3. The summed E-state index contributed by atoms with van der Waals surface area (Å²) in [6.45, 7) is -0.0665. The molecule has 2 heterocycles. The van der Waals surface area contributed by atoms with Gasteiger partial charge in [0.2, 0.25) is 11.8 Å². The lowest BCUT2D eigenvalue weighted by atomic mass is 10.1. The Hall–Kier alpha value is -3.49. The quantitative estimate of drug-likeness (QED) is 0.752. The molecule has 2 aromatic rings. The summed E-state index contributed by atoms with van der Waals surface area (Å²) in [5, 5.41) is 5.07. The van der Waals surface area contributed by atoms with Gasteiger partial charge in [0.1, 0.15) is 11.9 Å². The van der Waals surface area contributed by atoms with E-state index in [1.807, 2.05) is 0 Å². The van der Waals surface area contributed by atoms with Gasteiger partial charge in [0.05, 0.1) is 32.0 Å². The van der Waals surface area contributed by atoms with Crippen molar-refractivity contribution in [2.45, 2.75) is 19.0 Å². The highest BCUT2D eigenvalue weighted by molar-refractivity contribution is 6.06. The number of rotatable bonds is 6. The van der Waals surface area contributed by atoms with E-state index in [1.54, 1.807) is 18.2 Å². The number of aromatic nitrogens is 1. The molecule has 2 N–H and O–H groups in total. The molecular weight excluding hydrogens is 355 g/mol. The molecule has 0 spiro atoms. The predicted octanol–water partition coefficient (Wildman–Crippen LogP) is 1.68. The van der Waals surface area contributed by atoms with Gasteiger partial charge in [0, 0.05) is 6.07 Å². The fourth-order valence-electron chi connectivity index (χ4n) is 2.66. The molecule has 140 valence electrons. The van der Waals surface area contributed by atoms with Crippen LogP contribution in [0.5, 0.6) is 5.88 Å². The fraction of sp³-hybridized carbons (Fsp3) is 0.222. The molecule has 3 rings (SSSR count). The number of benzene rings is 1. The van der Waals surface area contributed by atoms with E-state index in [4.69, 9.17) is 4.74 Å². The highest BCUT2D eigenvalue weighted by atomic mass is 19.1. The molecule has 0 aliphatic carbocycles. The maximum absolute atomic E-state index is 13.3. The van der Waals surface area contributed by atoms with Crippen LogP contribution >= 0.6 is 0 Å². The minimum absolute atomic E-state index is 0.0665. The molecule has 1 fully saturated rings. The molecule has 27 heavy (non-hydrogen) atoms. The SMILES string of the molecule is COc1ccc(NC(=O)C[C@@H]2NC(=O)N(Cc3cccc(F)c3)C2=O)cn1. The second kappa shape index (κ2) is 7.81. The molecule has 1 atom stereocenters. The zero-order valence-electron chi connectivity index (χ0n) is 14.4. The summed E-state index contributed by atoms with van der Waals surface area (Å²) in [7, 11) is 1.48. The number of carbonyl (C=O) groups is 3. The Kier molecular flexibility index (Phi) is 5.30. The zero-order chi connectivity index (χ0) is 19.4. The third-order valence-corrected chi connectivity index (χ3v) is 3.96. The van der Waals surface area contributed by atoms with E-state index >= 15 is 0 Å². The van der Waals surface area contributed by atoms with Gasteiger partial charge < -0.3 is 15.4 Å². The molecule has 0 saturated carbocycles. The van der Waals surface area contributed by atoms with Gasteiger partial charge >= 0.3 is 6.03 Å². The Balaban J connectivity index is 1.59. The van der Waals surface area contributed by atoms with Gasteiger partial charge in [-0.3, -0.25) is 14.5 Å². The minimum atomic E-state index is -0.975. The fourth-order valence-corrected chi connectivity index (χ4v) is 2.66. The van der Waals surface area contributed by atoms with Gasteiger partial charge in [-0.1, -0.05) is 12.1 Å². The summed E-state index contributed by atoms with van der Waals surface area (Å²) in [5.41, 5.74) is 0.919. The largest absolute Gasteiger partial charge is 0.481 e. The maximum Gasteiger partial charge on any atom is 0.325 e. The molecule has 9 heteroatoms. The summed E-state index contributed by atoms with van der Waals surface area (Å²) >= 11 is 0. The lowest BCUT2D eigenvalue weighted by molar-refractivity contribution is -0.130. The van der Waals surface area contributed by atoms with E-state index in [9.17, 15) is 18.8 Å². The Labute approximate surface area is 154 Å². The summed E-state index contributed by atoms with van der Waals surface area (Å²) in [5.74, 6) is -1.04. The Morgan fingerprint density at radius 2 is 2.15 bits per heavy atom. The Morgan fingerprint density at radius 3 is 2.81 bits per heavy atom. The first-order chi connectivity index (χ1) is 13.0. The molecule has 0 unspecified atom stereocenters. The van der Waals surface area contributed by atoms with E-state index < -0.39 is 29.7 Å². The number of hydrogen-bond acceptors (Lipinski definition) is 5. The average molecular weight is 372 g/mol. The zero-order valence-corrected chi connectivity index (χ0v) is 14.4. The standard InChI is InChI=1S/C18H17FN4O4/c1-27-16-6-5-13(9-20-16)21-15(24)8-14-17(25)23(18(26)22-14)10-11-3-2-4-12(19)7-11/h2-7,9,14H,8,10H2,1H3,(H,21,24)(H,22,26)/t14-/m0/s1. The number of pyridine rings is 1. The first-order valence-corrected chi connectivity index (χ1v) is 8.12. The van der Waals surface area contributed by atoms with Gasteiger partial charge in [-0.25, -0.2) is 14.2 Å². The first kappa shape index (κ1) is 18.3. The predicted molar refractivity (Wildman–Crippen MR) is 93.3 cm³/mol. The lowest BCUT2D eigenvalue weighted by Gasteiger charge is -2.13. The molecule has 1 aliphatic heterocycles. The van der Waals surface area contributed by atoms with Crippen molar-refractivity contribution in [1.82, 2.24) is 15.2 Å². The molecular formula is C18H17FN4O4. The van der Waals surface area contributed by atoms with E-state index in [0.717, 1.165) is 4.90 Å². The van der Waals surface area contributed by atoms with Crippen molar-refractivity contribution < 1.29 is 23.5 Å². The van der Waals surface area contributed by atoms with E-state index in [-0.39, 0.29) is 13.0 Å². The normalized spacial score (nSPS) is 16.2. The van der Waals surface area contributed by atoms with Crippen LogP contribution in [0.25, 0.3) is 0 Å². The van der Waals surface area contributed by atoms with Gasteiger partial charge in [-0.05, 0) is 23.8 Å². The van der Waals surface area contributed by atoms with Crippen molar-refractivity contribution in [1.29, 1.82) is 0 Å². The number of halogens is 1. The van der Waals surface area contributed by atoms with Crippen molar-refractivity contribution in [3.05, 3.63) is 54.0 Å². The van der Waals surface area contributed by atoms with Crippen molar-refractivity contribution in [3.63, 3.8) is 0 Å². The molecule has 4 amide bonds. The van der Waals surface area contributed by atoms with Gasteiger partial charge in [-0.15, -0.1) is 0 Å². The van der Waals surface area contributed by atoms with Crippen molar-refractivity contribution in [2.24, 2.45) is 0 Å². The number of amides is 4. The third kappa shape index (κ3) is 4.38. The average Bonchev–Trinajstić information content (AvgIpc) is 2.90. The first-order valence-electron chi connectivity index (χ1n) is 8.12. The molecule has 1 aromatic heterocycles. The highest BCUT2D eigenvalue weighted by Crippen LogP contribution is 2.16. The molecule has 1 aliphatic rings. The third-order valence-electron chi connectivity index (χ3n) is 3.96. The molecule has 1 saturated heterocycles. The lowest BCUT2D eigenvalue weighted by Crippen LogP contribution is -2.34. The number of ether oxygens (including phenoxy) is 1. The van der Waals surface area contributed by atoms with Crippen LogP contribution in [-0.2, 0) is 16.1 Å². The maximum atomic E-state index is 13.3. The molecule has 0 radical (unpaired) electrons. The van der Waals surface area contributed by atoms with Crippen molar-refractivity contribution in [2.75, 3.05) is 12.4 Å². The van der Waals surface area contributed by atoms with Gasteiger partial charge in [-0.2, -0.15) is 0 Å². The molecule has 0 bridgehead atoms. The van der Waals surface area contributed by atoms with E-state index in [2.05, 4.69) is 15.6 Å². The topological polar surface area (TPSA) is 101 Å². The molecule has 1 aromatic carbocycles. The molecule has 8 nitrogen and oxygen atoms in total. The second-order valence-corrected chi connectivity index (χ2v) is 5.90. The Morgan fingerprint density at radius 1 is 1.33 bits per heavy atom. The number of anilines is 1. The van der Waals surface area contributed by atoms with Crippen LogP contribution in [-0.4, -0.2) is 40.9 Å². The smallest absolute Gasteiger partial charge is 0.325 e. The van der Waals surface area contributed by atoms with Gasteiger partial charge in [0.15, 0.2) is 0 Å². The van der Waals surface area contributed by atoms with Crippen molar-refractivity contribution >= 4 is 23.5 Å². The number of nitrogens with one attached hydrogen (secondary N) is 2. The summed E-state index contributed by atoms with van der Waals surface area (Å²) in [6, 6.07) is 7.23. The number of nitrogens with zero attached hydrogens (tertiary/aromatic N) is 2. The van der Waals surface area contributed by atoms with Gasteiger partial charge in [0.25, 0.3) is 5.91 Å². The number of methoxy groups -OCH3 is 1. The van der Waals surface area contributed by atoms with Crippen LogP contribution in [0.1, 0.15) is 12.0 Å². The van der Waals surface area contributed by atoms with Crippen LogP contribution in [0, 0.1) is 5.82 Å².